The van der Waals surface area contributed by atoms with E-state index in [1.165, 1.54) is 11.1 Å². The summed E-state index contributed by atoms with van der Waals surface area (Å²) in [6, 6.07) is 17.2. The van der Waals surface area contributed by atoms with Crippen molar-refractivity contribution < 1.29 is 14.0 Å². The van der Waals surface area contributed by atoms with E-state index in [4.69, 9.17) is 4.42 Å². The third-order valence-electron chi connectivity index (χ3n) is 5.12. The minimum atomic E-state index is -0.485. The highest BCUT2D eigenvalue weighted by Crippen LogP contribution is 2.23. The van der Waals surface area contributed by atoms with Crippen LogP contribution in [0.4, 0.5) is 0 Å². The average molecular weight is 429 g/mol. The minimum Gasteiger partial charge on any atom is -0.441 e. The molecule has 2 amide bonds. The Kier molecular flexibility index (Phi) is 6.12. The number of nitrogens with one attached hydrogen (secondary N) is 3. The fourth-order valence-corrected chi connectivity index (χ4v) is 3.13. The highest BCUT2D eigenvalue weighted by molar-refractivity contribution is 5.94. The van der Waals surface area contributed by atoms with Crippen molar-refractivity contribution in [3.05, 3.63) is 83.5 Å². The lowest BCUT2D eigenvalue weighted by molar-refractivity contribution is -0.121. The van der Waals surface area contributed by atoms with Crippen LogP contribution in [-0.4, -0.2) is 27.0 Å². The molecule has 3 N–H and O–H groups in total. The Labute approximate surface area is 185 Å². The highest BCUT2D eigenvalue weighted by atomic mass is 16.4. The van der Waals surface area contributed by atoms with Crippen molar-refractivity contribution in [2.75, 3.05) is 0 Å². The molecule has 2 aromatic heterocycles. The van der Waals surface area contributed by atoms with Crippen LogP contribution in [0.5, 0.6) is 0 Å². The number of hydrogen-bond donors (Lipinski definition) is 3. The molecule has 0 spiro atoms. The number of aromatic amines is 1. The molecule has 4 rings (SSSR count). The molecule has 8 heteroatoms. The van der Waals surface area contributed by atoms with Crippen molar-refractivity contribution in [2.24, 2.45) is 0 Å². The molecule has 0 atom stereocenters. The minimum absolute atomic E-state index is 0.116. The van der Waals surface area contributed by atoms with Crippen LogP contribution in [0.3, 0.4) is 0 Å². The second-order valence-electron chi connectivity index (χ2n) is 7.45. The molecule has 0 aliphatic rings. The Balaban J connectivity index is 1.27. The molecule has 0 fully saturated rings. The fraction of sp³-hybridized carbons (Fsp3) is 0.167. The molecular formula is C24H23N5O3. The zero-order valence-corrected chi connectivity index (χ0v) is 17.8. The number of rotatable bonds is 6. The number of aryl methyl sites for hydroxylation is 3. The van der Waals surface area contributed by atoms with E-state index in [1.54, 1.807) is 12.3 Å². The number of nitrogens with zero attached hydrogens (tertiary/aromatic N) is 2. The van der Waals surface area contributed by atoms with E-state index < -0.39 is 5.91 Å². The first-order valence-corrected chi connectivity index (χ1v) is 10.2. The maximum absolute atomic E-state index is 12.3. The van der Waals surface area contributed by atoms with Gasteiger partial charge in [0.2, 0.25) is 5.91 Å². The lowest BCUT2D eigenvalue weighted by atomic mass is 10.1. The Morgan fingerprint density at radius 1 is 0.969 bits per heavy atom. The van der Waals surface area contributed by atoms with E-state index in [9.17, 15) is 9.59 Å². The Hall–Kier alpha value is -4.20. The summed E-state index contributed by atoms with van der Waals surface area (Å²) in [6.45, 7) is 4.09. The molecular weight excluding hydrogens is 406 g/mol. The quantitative estimate of drug-likeness (QED) is 0.404. The molecule has 0 aliphatic carbocycles. The van der Waals surface area contributed by atoms with Crippen LogP contribution < -0.4 is 10.9 Å². The number of H-pyrrole nitrogens is 1. The summed E-state index contributed by atoms with van der Waals surface area (Å²) < 4.78 is 5.76. The number of oxazole rings is 1. The van der Waals surface area contributed by atoms with Crippen LogP contribution in [0.15, 0.2) is 65.2 Å². The van der Waals surface area contributed by atoms with Crippen molar-refractivity contribution in [1.29, 1.82) is 0 Å². The van der Waals surface area contributed by atoms with Crippen LogP contribution in [0.25, 0.3) is 22.6 Å². The van der Waals surface area contributed by atoms with Crippen molar-refractivity contribution in [2.45, 2.75) is 26.7 Å². The summed E-state index contributed by atoms with van der Waals surface area (Å²) in [5.74, 6) is 0.277. The summed E-state index contributed by atoms with van der Waals surface area (Å²) in [7, 11) is 0. The summed E-state index contributed by atoms with van der Waals surface area (Å²) in [6.07, 6.45) is 2.09. The standard InChI is InChI=1S/C24H23N5O3/c1-15-8-9-18(12-16(15)2)21-14-25-23(32-21)11-10-22(30)28-29-24(31)20-13-19(26-27-20)17-6-4-3-5-7-17/h3-9,12-14H,10-11H2,1-2H3,(H,26,27)(H,28,30)(H,29,31). The van der Waals surface area contributed by atoms with Gasteiger partial charge in [-0.25, -0.2) is 4.98 Å². The third-order valence-corrected chi connectivity index (χ3v) is 5.12. The molecule has 2 aromatic carbocycles. The molecule has 0 saturated heterocycles. The first-order valence-electron chi connectivity index (χ1n) is 10.2. The van der Waals surface area contributed by atoms with Crippen LogP contribution >= 0.6 is 0 Å². The predicted octanol–water partition coefficient (Wildman–Crippen LogP) is 3.74. The first-order chi connectivity index (χ1) is 15.5. The van der Waals surface area contributed by atoms with Crippen molar-refractivity contribution >= 4 is 11.8 Å². The van der Waals surface area contributed by atoms with E-state index in [0.717, 1.165) is 11.1 Å². The van der Waals surface area contributed by atoms with Gasteiger partial charge >= 0.3 is 0 Å². The molecule has 4 aromatic rings. The summed E-state index contributed by atoms with van der Waals surface area (Å²) in [4.78, 5) is 28.6. The maximum Gasteiger partial charge on any atom is 0.287 e. The number of aromatic nitrogens is 3. The van der Waals surface area contributed by atoms with Gasteiger partial charge in [0.1, 0.15) is 5.69 Å². The van der Waals surface area contributed by atoms with Gasteiger partial charge < -0.3 is 4.42 Å². The van der Waals surface area contributed by atoms with Crippen molar-refractivity contribution in [1.82, 2.24) is 26.0 Å². The van der Waals surface area contributed by atoms with E-state index in [0.29, 0.717) is 23.8 Å². The van der Waals surface area contributed by atoms with Gasteiger partial charge in [0.05, 0.1) is 11.9 Å². The number of hydrogen-bond acceptors (Lipinski definition) is 5. The van der Waals surface area contributed by atoms with Crippen LogP contribution in [0.2, 0.25) is 0 Å². The average Bonchev–Trinajstić information content (AvgIpc) is 3.49. The third kappa shape index (κ3) is 4.92. The Morgan fingerprint density at radius 3 is 2.56 bits per heavy atom. The monoisotopic (exact) mass is 429 g/mol. The Morgan fingerprint density at radius 2 is 1.78 bits per heavy atom. The SMILES string of the molecule is Cc1ccc(-c2cnc(CCC(=O)NNC(=O)c3cc(-c4ccccc4)n[nH]3)o2)cc1C. The number of carbonyl (C=O) groups is 2. The molecule has 0 radical (unpaired) electrons. The van der Waals surface area contributed by atoms with Gasteiger partial charge in [-0.1, -0.05) is 42.5 Å². The summed E-state index contributed by atoms with van der Waals surface area (Å²) >= 11 is 0. The molecule has 0 aliphatic heterocycles. The molecule has 0 bridgehead atoms. The predicted molar refractivity (Wildman–Crippen MR) is 119 cm³/mol. The molecule has 32 heavy (non-hydrogen) atoms. The Bertz CT molecular complexity index is 1240. The fourth-order valence-electron chi connectivity index (χ4n) is 3.13. The highest BCUT2D eigenvalue weighted by Gasteiger charge is 2.13. The maximum atomic E-state index is 12.3. The van der Waals surface area contributed by atoms with Crippen LogP contribution in [0, 0.1) is 13.8 Å². The van der Waals surface area contributed by atoms with Crippen molar-refractivity contribution in [3.63, 3.8) is 0 Å². The lowest BCUT2D eigenvalue weighted by Gasteiger charge is -2.05. The van der Waals surface area contributed by atoms with Gasteiger partial charge in [0, 0.05) is 24.0 Å². The molecule has 2 heterocycles. The van der Waals surface area contributed by atoms with Gasteiger partial charge in [-0.2, -0.15) is 5.10 Å². The molecule has 8 nitrogen and oxygen atoms in total. The molecule has 0 saturated carbocycles. The van der Waals surface area contributed by atoms with Gasteiger partial charge in [-0.05, 0) is 37.1 Å². The number of benzene rings is 2. The zero-order chi connectivity index (χ0) is 22.5. The summed E-state index contributed by atoms with van der Waals surface area (Å²) in [5, 5.41) is 6.80. The van der Waals surface area contributed by atoms with E-state index in [2.05, 4.69) is 33.0 Å². The molecule has 162 valence electrons. The van der Waals surface area contributed by atoms with Gasteiger partial charge in [-0.3, -0.25) is 25.5 Å². The lowest BCUT2D eigenvalue weighted by Crippen LogP contribution is -2.41. The number of amides is 2. The van der Waals surface area contributed by atoms with E-state index >= 15 is 0 Å². The van der Waals surface area contributed by atoms with Crippen LogP contribution in [0.1, 0.15) is 33.9 Å². The zero-order valence-electron chi connectivity index (χ0n) is 17.8. The first kappa shape index (κ1) is 21.0. The normalized spacial score (nSPS) is 10.7. The van der Waals surface area contributed by atoms with Gasteiger partial charge in [0.15, 0.2) is 11.7 Å². The summed E-state index contributed by atoms with van der Waals surface area (Å²) in [5.41, 5.74) is 9.87. The largest absolute Gasteiger partial charge is 0.441 e. The molecule has 0 unspecified atom stereocenters. The smallest absolute Gasteiger partial charge is 0.287 e. The van der Waals surface area contributed by atoms with Crippen LogP contribution in [-0.2, 0) is 11.2 Å². The number of hydrazine groups is 1. The number of carbonyl (C=O) groups excluding carboxylic acids is 2. The van der Waals surface area contributed by atoms with E-state index in [1.807, 2.05) is 55.5 Å². The van der Waals surface area contributed by atoms with Crippen molar-refractivity contribution in [3.8, 4) is 22.6 Å². The second-order valence-corrected chi connectivity index (χ2v) is 7.45. The van der Waals surface area contributed by atoms with Gasteiger partial charge in [0.25, 0.3) is 5.91 Å². The second kappa shape index (κ2) is 9.30. The van der Waals surface area contributed by atoms with Gasteiger partial charge in [-0.15, -0.1) is 0 Å². The van der Waals surface area contributed by atoms with E-state index in [-0.39, 0.29) is 18.0 Å². The topological polar surface area (TPSA) is 113 Å².